The van der Waals surface area contributed by atoms with E-state index in [1.165, 1.54) is 50.9 Å². The maximum absolute atomic E-state index is 12.9. The second-order valence-corrected chi connectivity index (χ2v) is 4.91. The predicted octanol–water partition coefficient (Wildman–Crippen LogP) is 2.70. The number of benzene rings is 1. The molecular formula is C14H22FN3. The van der Waals surface area contributed by atoms with Crippen LogP contribution >= 0.6 is 0 Å². The van der Waals surface area contributed by atoms with Crippen molar-refractivity contribution in [3.63, 3.8) is 0 Å². The highest BCUT2D eigenvalue weighted by molar-refractivity contribution is 5.65. The summed E-state index contributed by atoms with van der Waals surface area (Å²) < 4.78 is 12.9. The lowest BCUT2D eigenvalue weighted by molar-refractivity contribution is 0.296. The summed E-state index contributed by atoms with van der Waals surface area (Å²) in [5.74, 6) is -0.287. The first kappa shape index (κ1) is 13.1. The molecule has 2 rings (SSSR count). The minimum absolute atomic E-state index is 0.287. The van der Waals surface area contributed by atoms with Crippen molar-refractivity contribution < 1.29 is 4.39 Å². The van der Waals surface area contributed by atoms with Gasteiger partial charge in [-0.3, -0.25) is 0 Å². The minimum Gasteiger partial charge on any atom is -0.397 e. The van der Waals surface area contributed by atoms with E-state index in [2.05, 4.69) is 10.2 Å². The molecule has 0 unspecified atom stereocenters. The molecular weight excluding hydrogens is 229 g/mol. The van der Waals surface area contributed by atoms with Crippen molar-refractivity contribution in [1.29, 1.82) is 0 Å². The Balaban J connectivity index is 1.77. The molecule has 0 bridgehead atoms. The van der Waals surface area contributed by atoms with Crippen molar-refractivity contribution in [3.05, 3.63) is 24.0 Å². The first-order valence-electron chi connectivity index (χ1n) is 6.77. The molecule has 1 saturated heterocycles. The summed E-state index contributed by atoms with van der Waals surface area (Å²) in [6.45, 7) is 4.27. The second kappa shape index (κ2) is 6.59. The maximum Gasteiger partial charge on any atom is 0.125 e. The number of anilines is 2. The van der Waals surface area contributed by atoms with Gasteiger partial charge in [0.05, 0.1) is 11.4 Å². The van der Waals surface area contributed by atoms with Crippen LogP contribution in [-0.4, -0.2) is 31.1 Å². The van der Waals surface area contributed by atoms with E-state index in [0.717, 1.165) is 18.8 Å². The molecule has 0 amide bonds. The Morgan fingerprint density at radius 1 is 1.17 bits per heavy atom. The Hall–Kier alpha value is -1.29. The first-order valence-corrected chi connectivity index (χ1v) is 6.77. The van der Waals surface area contributed by atoms with Gasteiger partial charge in [-0.2, -0.15) is 0 Å². The quantitative estimate of drug-likeness (QED) is 0.808. The van der Waals surface area contributed by atoms with Crippen molar-refractivity contribution >= 4 is 11.4 Å². The summed E-state index contributed by atoms with van der Waals surface area (Å²) >= 11 is 0. The molecule has 1 aromatic carbocycles. The van der Waals surface area contributed by atoms with Gasteiger partial charge >= 0.3 is 0 Å². The molecule has 0 spiro atoms. The van der Waals surface area contributed by atoms with E-state index in [0.29, 0.717) is 5.69 Å². The van der Waals surface area contributed by atoms with E-state index in [-0.39, 0.29) is 5.82 Å². The topological polar surface area (TPSA) is 41.3 Å². The van der Waals surface area contributed by atoms with Crippen molar-refractivity contribution in [1.82, 2.24) is 4.90 Å². The predicted molar refractivity (Wildman–Crippen MR) is 74.2 cm³/mol. The largest absolute Gasteiger partial charge is 0.397 e. The van der Waals surface area contributed by atoms with Crippen LogP contribution in [0.25, 0.3) is 0 Å². The zero-order valence-electron chi connectivity index (χ0n) is 10.8. The van der Waals surface area contributed by atoms with Gasteiger partial charge in [0.15, 0.2) is 0 Å². The number of hydrogen-bond donors (Lipinski definition) is 2. The Labute approximate surface area is 108 Å². The van der Waals surface area contributed by atoms with Gasteiger partial charge in [0.2, 0.25) is 0 Å². The van der Waals surface area contributed by atoms with E-state index in [1.807, 2.05) is 0 Å². The average Bonchev–Trinajstić information content (AvgIpc) is 2.60. The average molecular weight is 251 g/mol. The molecule has 0 atom stereocenters. The van der Waals surface area contributed by atoms with E-state index in [4.69, 9.17) is 5.73 Å². The van der Waals surface area contributed by atoms with Gasteiger partial charge in [-0.05, 0) is 44.1 Å². The molecule has 100 valence electrons. The Bertz CT molecular complexity index is 373. The van der Waals surface area contributed by atoms with Crippen molar-refractivity contribution in [2.75, 3.05) is 37.2 Å². The first-order chi connectivity index (χ1) is 8.75. The van der Waals surface area contributed by atoms with E-state index in [9.17, 15) is 4.39 Å². The number of nitrogen functional groups attached to an aromatic ring is 1. The fourth-order valence-electron chi connectivity index (χ4n) is 2.40. The summed E-state index contributed by atoms with van der Waals surface area (Å²) in [4.78, 5) is 2.49. The lowest BCUT2D eigenvalue weighted by Crippen LogP contribution is -2.30. The van der Waals surface area contributed by atoms with Gasteiger partial charge in [0.25, 0.3) is 0 Å². The number of rotatable bonds is 4. The molecule has 0 saturated carbocycles. The lowest BCUT2D eigenvalue weighted by atomic mass is 10.2. The Kier molecular flexibility index (Phi) is 4.81. The van der Waals surface area contributed by atoms with E-state index in [1.54, 1.807) is 6.07 Å². The van der Waals surface area contributed by atoms with E-state index < -0.39 is 0 Å². The van der Waals surface area contributed by atoms with Gasteiger partial charge in [-0.15, -0.1) is 0 Å². The molecule has 1 fully saturated rings. The number of likely N-dealkylation sites (tertiary alicyclic amines) is 1. The molecule has 1 aromatic rings. The Morgan fingerprint density at radius 2 is 1.89 bits per heavy atom. The van der Waals surface area contributed by atoms with Crippen LogP contribution in [0, 0.1) is 5.82 Å². The molecule has 1 aliphatic rings. The zero-order valence-corrected chi connectivity index (χ0v) is 10.8. The van der Waals surface area contributed by atoms with Gasteiger partial charge in [0.1, 0.15) is 5.82 Å². The molecule has 0 aliphatic carbocycles. The molecule has 0 radical (unpaired) electrons. The number of halogens is 1. The van der Waals surface area contributed by atoms with Crippen molar-refractivity contribution in [3.8, 4) is 0 Å². The number of nitrogens with two attached hydrogens (primary N) is 1. The molecule has 1 aliphatic heterocycles. The molecule has 0 aromatic heterocycles. The van der Waals surface area contributed by atoms with Crippen LogP contribution in [0.4, 0.5) is 15.8 Å². The SMILES string of the molecule is Nc1cc(F)ccc1NCCN1CCCCCC1. The number of hydrogen-bond acceptors (Lipinski definition) is 3. The summed E-state index contributed by atoms with van der Waals surface area (Å²) in [6.07, 6.45) is 5.32. The maximum atomic E-state index is 12.9. The van der Waals surface area contributed by atoms with Crippen LogP contribution in [0.5, 0.6) is 0 Å². The van der Waals surface area contributed by atoms with Gasteiger partial charge < -0.3 is 16.0 Å². The molecule has 18 heavy (non-hydrogen) atoms. The zero-order chi connectivity index (χ0) is 12.8. The monoisotopic (exact) mass is 251 g/mol. The van der Waals surface area contributed by atoms with E-state index >= 15 is 0 Å². The van der Waals surface area contributed by atoms with Crippen LogP contribution in [0.1, 0.15) is 25.7 Å². The lowest BCUT2D eigenvalue weighted by Gasteiger charge is -2.20. The minimum atomic E-state index is -0.287. The van der Waals surface area contributed by atoms with Crippen LogP contribution in [0.15, 0.2) is 18.2 Å². The second-order valence-electron chi connectivity index (χ2n) is 4.91. The molecule has 3 nitrogen and oxygen atoms in total. The van der Waals surface area contributed by atoms with Gasteiger partial charge in [0, 0.05) is 13.1 Å². The molecule has 4 heteroatoms. The number of nitrogens with zero attached hydrogens (tertiary/aromatic N) is 1. The molecule has 3 N–H and O–H groups in total. The van der Waals surface area contributed by atoms with Crippen molar-refractivity contribution in [2.24, 2.45) is 0 Å². The third-order valence-corrected chi connectivity index (χ3v) is 3.46. The highest BCUT2D eigenvalue weighted by atomic mass is 19.1. The molecule has 1 heterocycles. The fourth-order valence-corrected chi connectivity index (χ4v) is 2.40. The van der Waals surface area contributed by atoms with Crippen molar-refractivity contribution in [2.45, 2.75) is 25.7 Å². The fraction of sp³-hybridized carbons (Fsp3) is 0.571. The normalized spacial score (nSPS) is 17.4. The highest BCUT2D eigenvalue weighted by Crippen LogP contribution is 2.18. The third-order valence-electron chi connectivity index (χ3n) is 3.46. The third kappa shape index (κ3) is 3.88. The summed E-state index contributed by atoms with van der Waals surface area (Å²) in [5.41, 5.74) is 7.05. The Morgan fingerprint density at radius 3 is 2.56 bits per heavy atom. The summed E-state index contributed by atoms with van der Waals surface area (Å²) in [5, 5.41) is 3.27. The smallest absolute Gasteiger partial charge is 0.125 e. The van der Waals surface area contributed by atoms with Crippen LogP contribution in [0.2, 0.25) is 0 Å². The standard InChI is InChI=1S/C14H22FN3/c15-12-5-6-14(13(16)11-12)17-7-10-18-8-3-1-2-4-9-18/h5-6,11,17H,1-4,7-10,16H2. The van der Waals surface area contributed by atoms with Crippen LogP contribution in [0.3, 0.4) is 0 Å². The van der Waals surface area contributed by atoms with Gasteiger partial charge in [-0.25, -0.2) is 4.39 Å². The summed E-state index contributed by atoms with van der Waals surface area (Å²) in [7, 11) is 0. The van der Waals surface area contributed by atoms with Crippen LogP contribution in [-0.2, 0) is 0 Å². The van der Waals surface area contributed by atoms with Crippen LogP contribution < -0.4 is 11.1 Å². The summed E-state index contributed by atoms with van der Waals surface area (Å²) in [6, 6.07) is 4.49. The van der Waals surface area contributed by atoms with Gasteiger partial charge in [-0.1, -0.05) is 12.8 Å². The highest BCUT2D eigenvalue weighted by Gasteiger charge is 2.08. The number of nitrogens with one attached hydrogen (secondary N) is 1.